The maximum atomic E-state index is 10.1. The van der Waals surface area contributed by atoms with Crippen molar-refractivity contribution in [1.82, 2.24) is 5.32 Å². The molecule has 0 spiro atoms. The van der Waals surface area contributed by atoms with Crippen LogP contribution >= 0.6 is 0 Å². The summed E-state index contributed by atoms with van der Waals surface area (Å²) in [6.07, 6.45) is -1.72. The van der Waals surface area contributed by atoms with E-state index in [0.717, 1.165) is 0 Å². The minimum atomic E-state index is -1.10. The van der Waals surface area contributed by atoms with Gasteiger partial charge in [0, 0.05) is 0 Å². The molecule has 1 amide bonds. The number of aliphatic hydroxyl groups excluding tert-OH is 1. The van der Waals surface area contributed by atoms with Crippen LogP contribution in [0.3, 0.4) is 0 Å². The zero-order valence-corrected chi connectivity index (χ0v) is 7.03. The highest BCUT2D eigenvalue weighted by atomic mass is 16.4. The fourth-order valence-corrected chi connectivity index (χ4v) is 0.857. The number of nitrogens with one attached hydrogen (secondary N) is 1. The van der Waals surface area contributed by atoms with E-state index < -0.39 is 18.2 Å². The summed E-state index contributed by atoms with van der Waals surface area (Å²) in [6.45, 7) is 5.31. The van der Waals surface area contributed by atoms with Gasteiger partial charge in [-0.25, -0.2) is 4.79 Å². The summed E-state index contributed by atoms with van der Waals surface area (Å²) in [5.74, 6) is 0.0665. The number of amides is 1. The normalized spacial score (nSPS) is 16.1. The predicted octanol–water partition coefficient (Wildman–Crippen LogP) is 0.659. The lowest BCUT2D eigenvalue weighted by Crippen LogP contribution is -2.42. The first-order valence-electron chi connectivity index (χ1n) is 3.62. The van der Waals surface area contributed by atoms with E-state index in [0.29, 0.717) is 0 Å². The molecule has 0 bridgehead atoms. The van der Waals surface area contributed by atoms with Gasteiger partial charge in [0.25, 0.3) is 0 Å². The van der Waals surface area contributed by atoms with Gasteiger partial charge in [-0.05, 0) is 12.8 Å². The smallest absolute Gasteiger partial charge is 0.404 e. The van der Waals surface area contributed by atoms with Gasteiger partial charge in [0.05, 0.1) is 12.1 Å². The molecule has 66 valence electrons. The molecule has 0 saturated heterocycles. The quantitative estimate of drug-likeness (QED) is 0.569. The number of hydrogen-bond donors (Lipinski definition) is 3. The van der Waals surface area contributed by atoms with Crippen molar-refractivity contribution in [2.45, 2.75) is 32.9 Å². The molecule has 11 heavy (non-hydrogen) atoms. The second-order valence-electron chi connectivity index (χ2n) is 2.97. The maximum Gasteiger partial charge on any atom is 0.404 e. The number of carbonyl (C=O) groups is 1. The third-order valence-corrected chi connectivity index (χ3v) is 1.55. The molecule has 4 nitrogen and oxygen atoms in total. The average molecular weight is 161 g/mol. The number of aliphatic hydroxyl groups is 1. The Morgan fingerprint density at radius 3 is 2.09 bits per heavy atom. The van der Waals surface area contributed by atoms with E-state index in [2.05, 4.69) is 5.32 Å². The highest BCUT2D eigenvalue weighted by Crippen LogP contribution is 2.05. The summed E-state index contributed by atoms with van der Waals surface area (Å²) in [6, 6.07) is -0.410. The molecule has 0 aliphatic heterocycles. The molecular formula is C7H15NO3. The lowest BCUT2D eigenvalue weighted by atomic mass is 10.0. The van der Waals surface area contributed by atoms with Crippen LogP contribution in [0.25, 0.3) is 0 Å². The van der Waals surface area contributed by atoms with Gasteiger partial charge in [0.2, 0.25) is 0 Å². The van der Waals surface area contributed by atoms with Gasteiger partial charge < -0.3 is 15.5 Å². The van der Waals surface area contributed by atoms with Crippen molar-refractivity contribution in [2.24, 2.45) is 5.92 Å². The van der Waals surface area contributed by atoms with Gasteiger partial charge in [0.1, 0.15) is 0 Å². The Morgan fingerprint density at radius 1 is 1.36 bits per heavy atom. The Hall–Kier alpha value is -0.770. The van der Waals surface area contributed by atoms with Crippen LogP contribution in [0.15, 0.2) is 0 Å². The van der Waals surface area contributed by atoms with Crippen LogP contribution in [0.4, 0.5) is 4.79 Å². The summed E-state index contributed by atoms with van der Waals surface area (Å²) < 4.78 is 0. The first-order chi connectivity index (χ1) is 4.95. The van der Waals surface area contributed by atoms with Crippen molar-refractivity contribution in [3.05, 3.63) is 0 Å². The molecule has 0 aliphatic rings. The van der Waals surface area contributed by atoms with E-state index in [1.165, 1.54) is 0 Å². The molecule has 0 aromatic heterocycles. The molecular weight excluding hydrogens is 146 g/mol. The standard InChI is InChI=1S/C7H15NO3/c1-4(2)6(9)5(3)8-7(10)11/h4-6,8-9H,1-3H3,(H,10,11)/t5-,6?/m0/s1. The third-order valence-electron chi connectivity index (χ3n) is 1.55. The Morgan fingerprint density at radius 2 is 1.82 bits per heavy atom. The minimum Gasteiger partial charge on any atom is -0.465 e. The topological polar surface area (TPSA) is 69.6 Å². The largest absolute Gasteiger partial charge is 0.465 e. The van der Waals surface area contributed by atoms with Gasteiger partial charge in [-0.15, -0.1) is 0 Å². The molecule has 0 heterocycles. The predicted molar refractivity (Wildman–Crippen MR) is 41.5 cm³/mol. The molecule has 0 fully saturated rings. The molecule has 1 unspecified atom stereocenters. The summed E-state index contributed by atoms with van der Waals surface area (Å²) in [7, 11) is 0. The minimum absolute atomic E-state index is 0.0665. The molecule has 0 aromatic carbocycles. The molecule has 0 saturated carbocycles. The van der Waals surface area contributed by atoms with E-state index >= 15 is 0 Å². The summed E-state index contributed by atoms with van der Waals surface area (Å²) in [5, 5.41) is 19.8. The van der Waals surface area contributed by atoms with E-state index in [1.54, 1.807) is 6.92 Å². The van der Waals surface area contributed by atoms with Crippen LogP contribution in [0, 0.1) is 5.92 Å². The molecule has 3 N–H and O–H groups in total. The molecule has 0 rings (SSSR count). The van der Waals surface area contributed by atoms with Gasteiger partial charge in [-0.1, -0.05) is 13.8 Å². The summed E-state index contributed by atoms with van der Waals surface area (Å²) >= 11 is 0. The van der Waals surface area contributed by atoms with Crippen molar-refractivity contribution in [3.8, 4) is 0 Å². The first-order valence-corrected chi connectivity index (χ1v) is 3.62. The zero-order valence-electron chi connectivity index (χ0n) is 7.03. The second-order valence-corrected chi connectivity index (χ2v) is 2.97. The van der Waals surface area contributed by atoms with Crippen LogP contribution in [-0.4, -0.2) is 28.5 Å². The molecule has 4 heteroatoms. The van der Waals surface area contributed by atoms with Crippen LogP contribution in [0.5, 0.6) is 0 Å². The van der Waals surface area contributed by atoms with Crippen LogP contribution < -0.4 is 5.32 Å². The molecule has 0 aliphatic carbocycles. The van der Waals surface area contributed by atoms with Gasteiger partial charge in [-0.2, -0.15) is 0 Å². The van der Waals surface area contributed by atoms with E-state index in [-0.39, 0.29) is 5.92 Å². The number of carboxylic acid groups (broad SMARTS) is 1. The Balaban J connectivity index is 3.82. The monoisotopic (exact) mass is 161 g/mol. The van der Waals surface area contributed by atoms with Crippen molar-refractivity contribution in [2.75, 3.05) is 0 Å². The van der Waals surface area contributed by atoms with Crippen molar-refractivity contribution >= 4 is 6.09 Å². The first kappa shape index (κ1) is 10.2. The number of hydrogen-bond acceptors (Lipinski definition) is 2. The number of rotatable bonds is 3. The molecule has 0 aromatic rings. The fourth-order valence-electron chi connectivity index (χ4n) is 0.857. The van der Waals surface area contributed by atoms with E-state index in [1.807, 2.05) is 13.8 Å². The van der Waals surface area contributed by atoms with Crippen molar-refractivity contribution in [1.29, 1.82) is 0 Å². The lowest BCUT2D eigenvalue weighted by molar-refractivity contribution is 0.0875. The summed E-state index contributed by atoms with van der Waals surface area (Å²) in [4.78, 5) is 10.1. The molecule has 2 atom stereocenters. The molecule has 0 radical (unpaired) electrons. The highest BCUT2D eigenvalue weighted by Gasteiger charge is 2.18. The van der Waals surface area contributed by atoms with Gasteiger partial charge in [-0.3, -0.25) is 0 Å². The second kappa shape index (κ2) is 4.18. The maximum absolute atomic E-state index is 10.1. The van der Waals surface area contributed by atoms with Crippen LogP contribution in [-0.2, 0) is 0 Å². The Labute approximate surface area is 66.2 Å². The average Bonchev–Trinajstić information content (AvgIpc) is 1.84. The fraction of sp³-hybridized carbons (Fsp3) is 0.857. The highest BCUT2D eigenvalue weighted by molar-refractivity contribution is 5.64. The van der Waals surface area contributed by atoms with Crippen LogP contribution in [0.1, 0.15) is 20.8 Å². The zero-order chi connectivity index (χ0) is 9.02. The van der Waals surface area contributed by atoms with Gasteiger partial charge in [0.15, 0.2) is 0 Å². The Bertz CT molecular complexity index is 136. The van der Waals surface area contributed by atoms with Crippen LogP contribution in [0.2, 0.25) is 0 Å². The van der Waals surface area contributed by atoms with E-state index in [4.69, 9.17) is 5.11 Å². The Kier molecular flexibility index (Phi) is 3.89. The van der Waals surface area contributed by atoms with Gasteiger partial charge >= 0.3 is 6.09 Å². The lowest BCUT2D eigenvalue weighted by Gasteiger charge is -2.21. The van der Waals surface area contributed by atoms with Crippen molar-refractivity contribution in [3.63, 3.8) is 0 Å². The van der Waals surface area contributed by atoms with E-state index in [9.17, 15) is 9.90 Å². The summed E-state index contributed by atoms with van der Waals surface area (Å²) in [5.41, 5.74) is 0. The third kappa shape index (κ3) is 3.83. The van der Waals surface area contributed by atoms with Crippen molar-refractivity contribution < 1.29 is 15.0 Å². The SMILES string of the molecule is CC(C)C(O)[C@H](C)NC(=O)O.